The number of nitrogens with two attached hydrogens (primary N) is 1. The largest absolute Gasteiger partial charge is 0.457 e. The van der Waals surface area contributed by atoms with Crippen LogP contribution in [-0.2, 0) is 0 Å². The lowest BCUT2D eigenvalue weighted by molar-refractivity contribution is 0.0998. The molecule has 2 rings (SSSR count). The Bertz CT molecular complexity index is 584. The van der Waals surface area contributed by atoms with Crippen LogP contribution < -0.4 is 10.5 Å². The predicted molar refractivity (Wildman–Crippen MR) is 74.2 cm³/mol. The van der Waals surface area contributed by atoms with Crippen LogP contribution in [0, 0.1) is 0 Å². The minimum Gasteiger partial charge on any atom is -0.457 e. The smallest absolute Gasteiger partial charge is 0.252 e. The van der Waals surface area contributed by atoms with Gasteiger partial charge in [-0.2, -0.15) is 0 Å². The first-order valence-corrected chi connectivity index (χ1v) is 6.26. The van der Waals surface area contributed by atoms with Crippen molar-refractivity contribution in [3.63, 3.8) is 0 Å². The van der Waals surface area contributed by atoms with Gasteiger partial charge in [-0.25, -0.2) is 0 Å². The number of ether oxygens (including phenoxy) is 1. The van der Waals surface area contributed by atoms with E-state index in [4.69, 9.17) is 22.1 Å². The lowest BCUT2D eigenvalue weighted by Gasteiger charge is -2.09. The van der Waals surface area contributed by atoms with Crippen LogP contribution in [0.4, 0.5) is 0 Å². The molecule has 2 aromatic rings. The fraction of sp³-hybridized carbons (Fsp3) is 0. The van der Waals surface area contributed by atoms with E-state index in [1.54, 1.807) is 24.3 Å². The quantitative estimate of drug-likeness (QED) is 0.927. The van der Waals surface area contributed by atoms with E-state index in [9.17, 15) is 4.79 Å². The Morgan fingerprint density at radius 3 is 2.44 bits per heavy atom. The zero-order chi connectivity index (χ0) is 13.1. The second-order valence-corrected chi connectivity index (χ2v) is 4.91. The molecule has 0 aliphatic carbocycles. The molecule has 0 aliphatic heterocycles. The molecule has 0 spiro atoms. The van der Waals surface area contributed by atoms with E-state index in [-0.39, 0.29) is 5.56 Å². The van der Waals surface area contributed by atoms with Gasteiger partial charge >= 0.3 is 0 Å². The van der Waals surface area contributed by atoms with Gasteiger partial charge in [0.05, 0.1) is 5.56 Å². The summed E-state index contributed by atoms with van der Waals surface area (Å²) in [6.45, 7) is 0. The molecule has 3 nitrogen and oxygen atoms in total. The van der Waals surface area contributed by atoms with Crippen molar-refractivity contribution in [1.29, 1.82) is 0 Å². The van der Waals surface area contributed by atoms with E-state index in [0.717, 1.165) is 4.47 Å². The van der Waals surface area contributed by atoms with Gasteiger partial charge in [0.2, 0.25) is 0 Å². The summed E-state index contributed by atoms with van der Waals surface area (Å²) >= 11 is 9.15. The number of amides is 1. The molecule has 1 amide bonds. The van der Waals surface area contributed by atoms with Crippen LogP contribution in [0.15, 0.2) is 46.9 Å². The number of rotatable bonds is 3. The van der Waals surface area contributed by atoms with Crippen molar-refractivity contribution in [2.45, 2.75) is 0 Å². The van der Waals surface area contributed by atoms with Crippen molar-refractivity contribution in [2.24, 2.45) is 5.73 Å². The average Bonchev–Trinajstić information content (AvgIpc) is 2.34. The number of primary amides is 1. The number of halogens is 2. The fourth-order valence-electron chi connectivity index (χ4n) is 1.41. The second-order valence-electron chi connectivity index (χ2n) is 3.56. The highest BCUT2D eigenvalue weighted by Crippen LogP contribution is 2.28. The highest BCUT2D eigenvalue weighted by Gasteiger charge is 2.11. The zero-order valence-electron chi connectivity index (χ0n) is 9.19. The molecule has 0 aromatic heterocycles. The molecule has 92 valence electrons. The summed E-state index contributed by atoms with van der Waals surface area (Å²) in [5, 5.41) is 0.437. The third-order valence-electron chi connectivity index (χ3n) is 2.25. The van der Waals surface area contributed by atoms with Crippen LogP contribution >= 0.6 is 27.5 Å². The van der Waals surface area contributed by atoms with E-state index in [0.29, 0.717) is 16.5 Å². The summed E-state index contributed by atoms with van der Waals surface area (Å²) in [4.78, 5) is 11.3. The summed E-state index contributed by atoms with van der Waals surface area (Å²) in [5.74, 6) is 0.418. The molecule has 2 N–H and O–H groups in total. The number of benzene rings is 2. The van der Waals surface area contributed by atoms with Gasteiger partial charge in [-0.3, -0.25) is 4.79 Å². The molecule has 18 heavy (non-hydrogen) atoms. The minimum absolute atomic E-state index is 0.255. The number of carbonyl (C=O) groups is 1. The van der Waals surface area contributed by atoms with Gasteiger partial charge < -0.3 is 10.5 Å². The summed E-state index contributed by atoms with van der Waals surface area (Å²) < 4.78 is 6.55. The predicted octanol–water partition coefficient (Wildman–Crippen LogP) is 3.99. The molecule has 0 heterocycles. The van der Waals surface area contributed by atoms with Crippen LogP contribution in [0.5, 0.6) is 11.5 Å². The van der Waals surface area contributed by atoms with Crippen LogP contribution in [0.1, 0.15) is 10.4 Å². The molecular weight excluding hydrogens is 318 g/mol. The van der Waals surface area contributed by atoms with Gasteiger partial charge in [-0.15, -0.1) is 0 Å². The molecule has 0 radical (unpaired) electrons. The minimum atomic E-state index is -0.579. The molecule has 0 atom stereocenters. The topological polar surface area (TPSA) is 52.3 Å². The van der Waals surface area contributed by atoms with Gasteiger partial charge in [0.1, 0.15) is 11.5 Å². The standard InChI is InChI=1S/C13H9BrClNO2/c14-8-1-4-10(5-2-8)18-12-6-3-9(15)7-11(12)13(16)17/h1-7H,(H2,16,17). The maximum atomic E-state index is 11.3. The first-order valence-electron chi connectivity index (χ1n) is 5.09. The normalized spacial score (nSPS) is 10.1. The lowest BCUT2D eigenvalue weighted by atomic mass is 10.2. The van der Waals surface area contributed by atoms with Crippen molar-refractivity contribution >= 4 is 33.4 Å². The fourth-order valence-corrected chi connectivity index (χ4v) is 1.85. The Hall–Kier alpha value is -1.52. The highest BCUT2D eigenvalue weighted by atomic mass is 79.9. The second kappa shape index (κ2) is 5.42. The molecular formula is C13H9BrClNO2. The number of carbonyl (C=O) groups excluding carboxylic acids is 1. The van der Waals surface area contributed by atoms with Gasteiger partial charge in [-0.05, 0) is 42.5 Å². The summed E-state index contributed by atoms with van der Waals surface area (Å²) in [7, 11) is 0. The molecule has 0 bridgehead atoms. The Kier molecular flexibility index (Phi) is 3.89. The van der Waals surface area contributed by atoms with Gasteiger partial charge in [-0.1, -0.05) is 27.5 Å². The Labute approximate surface area is 118 Å². The molecule has 0 saturated heterocycles. The first-order chi connectivity index (χ1) is 8.56. The summed E-state index contributed by atoms with van der Waals surface area (Å²) in [6, 6.07) is 12.0. The third kappa shape index (κ3) is 3.03. The van der Waals surface area contributed by atoms with Gasteiger partial charge in [0.25, 0.3) is 5.91 Å². The van der Waals surface area contributed by atoms with E-state index >= 15 is 0 Å². The zero-order valence-corrected chi connectivity index (χ0v) is 11.5. The maximum Gasteiger partial charge on any atom is 0.252 e. The molecule has 0 unspecified atom stereocenters. The van der Waals surface area contributed by atoms with Crippen molar-refractivity contribution in [2.75, 3.05) is 0 Å². The molecule has 0 saturated carbocycles. The van der Waals surface area contributed by atoms with Crippen molar-refractivity contribution < 1.29 is 9.53 Å². The van der Waals surface area contributed by atoms with E-state index in [1.807, 2.05) is 12.1 Å². The van der Waals surface area contributed by atoms with Crippen LogP contribution in [0.25, 0.3) is 0 Å². The Morgan fingerprint density at radius 1 is 1.17 bits per heavy atom. The monoisotopic (exact) mass is 325 g/mol. The summed E-state index contributed by atoms with van der Waals surface area (Å²) in [5.41, 5.74) is 5.53. The van der Waals surface area contributed by atoms with E-state index < -0.39 is 5.91 Å². The van der Waals surface area contributed by atoms with E-state index in [1.165, 1.54) is 6.07 Å². The average molecular weight is 327 g/mol. The van der Waals surface area contributed by atoms with Gasteiger partial charge in [0, 0.05) is 9.50 Å². The molecule has 0 fully saturated rings. The molecule has 0 aliphatic rings. The van der Waals surface area contributed by atoms with Crippen LogP contribution in [-0.4, -0.2) is 5.91 Å². The molecule has 2 aromatic carbocycles. The van der Waals surface area contributed by atoms with Crippen molar-refractivity contribution in [1.82, 2.24) is 0 Å². The van der Waals surface area contributed by atoms with Crippen molar-refractivity contribution in [3.8, 4) is 11.5 Å². The van der Waals surface area contributed by atoms with Gasteiger partial charge in [0.15, 0.2) is 0 Å². The van der Waals surface area contributed by atoms with Crippen LogP contribution in [0.3, 0.4) is 0 Å². The maximum absolute atomic E-state index is 11.3. The Balaban J connectivity index is 2.34. The Morgan fingerprint density at radius 2 is 1.83 bits per heavy atom. The number of hydrogen-bond donors (Lipinski definition) is 1. The third-order valence-corrected chi connectivity index (χ3v) is 3.01. The van der Waals surface area contributed by atoms with E-state index in [2.05, 4.69) is 15.9 Å². The summed E-state index contributed by atoms with van der Waals surface area (Å²) in [6.07, 6.45) is 0. The first kappa shape index (κ1) is 12.9. The number of hydrogen-bond acceptors (Lipinski definition) is 2. The molecule has 5 heteroatoms. The lowest BCUT2D eigenvalue weighted by Crippen LogP contribution is -2.12. The highest BCUT2D eigenvalue weighted by molar-refractivity contribution is 9.10. The van der Waals surface area contributed by atoms with Crippen LogP contribution in [0.2, 0.25) is 5.02 Å². The van der Waals surface area contributed by atoms with Crippen molar-refractivity contribution in [3.05, 3.63) is 57.5 Å². The SMILES string of the molecule is NC(=O)c1cc(Cl)ccc1Oc1ccc(Br)cc1.